The number of carbonyl (C=O) groups is 1. The van der Waals surface area contributed by atoms with Gasteiger partial charge in [-0.3, -0.25) is 14.9 Å². The minimum Gasteiger partial charge on any atom is -0.486 e. The topological polar surface area (TPSA) is 102 Å². The summed E-state index contributed by atoms with van der Waals surface area (Å²) in [4.78, 5) is 20.9. The van der Waals surface area contributed by atoms with E-state index in [9.17, 15) is 4.79 Å². The molecule has 1 aromatic carbocycles. The van der Waals surface area contributed by atoms with Crippen molar-refractivity contribution in [2.75, 3.05) is 18.5 Å². The maximum absolute atomic E-state index is 12.5. The second-order valence-corrected chi connectivity index (χ2v) is 7.12. The highest BCUT2D eigenvalue weighted by molar-refractivity contribution is 8.00. The van der Waals surface area contributed by atoms with Gasteiger partial charge in [-0.25, -0.2) is 4.98 Å². The second kappa shape index (κ2) is 7.67. The molecule has 4 rings (SSSR count). The highest BCUT2D eigenvalue weighted by Crippen LogP contribution is 2.33. The van der Waals surface area contributed by atoms with Crippen molar-refractivity contribution in [2.24, 2.45) is 0 Å². The summed E-state index contributed by atoms with van der Waals surface area (Å²) in [5.41, 5.74) is 1.54. The van der Waals surface area contributed by atoms with Gasteiger partial charge in [-0.05, 0) is 31.2 Å². The van der Waals surface area contributed by atoms with E-state index in [0.29, 0.717) is 41.4 Å². The highest BCUT2D eigenvalue weighted by Gasteiger charge is 2.19. The minimum atomic E-state index is -0.376. The lowest BCUT2D eigenvalue weighted by Crippen LogP contribution is -2.23. The molecule has 138 valence electrons. The molecule has 1 atom stereocenters. The first-order valence-corrected chi connectivity index (χ1v) is 9.27. The molecule has 9 heteroatoms. The van der Waals surface area contributed by atoms with Crippen molar-refractivity contribution in [3.63, 3.8) is 0 Å². The third-order valence-corrected chi connectivity index (χ3v) is 4.84. The smallest absolute Gasteiger partial charge is 0.237 e. The number of aromatic nitrogens is 4. The van der Waals surface area contributed by atoms with E-state index in [0.717, 1.165) is 5.56 Å². The van der Waals surface area contributed by atoms with E-state index in [2.05, 4.69) is 25.5 Å². The van der Waals surface area contributed by atoms with Crippen LogP contribution in [0.15, 0.2) is 47.9 Å². The second-order valence-electron chi connectivity index (χ2n) is 5.81. The minimum absolute atomic E-state index is 0.146. The van der Waals surface area contributed by atoms with Crippen molar-refractivity contribution in [1.82, 2.24) is 20.2 Å². The van der Waals surface area contributed by atoms with Crippen LogP contribution in [0.1, 0.15) is 6.92 Å². The fraction of sp³-hybridized carbons (Fsp3) is 0.222. The number of carbonyl (C=O) groups excluding carboxylic acids is 1. The van der Waals surface area contributed by atoms with Crippen LogP contribution in [-0.2, 0) is 4.79 Å². The molecule has 0 unspecified atom stereocenters. The van der Waals surface area contributed by atoms with E-state index in [1.807, 2.05) is 12.1 Å². The van der Waals surface area contributed by atoms with E-state index in [1.165, 1.54) is 11.8 Å². The first kappa shape index (κ1) is 17.3. The highest BCUT2D eigenvalue weighted by atomic mass is 32.2. The van der Waals surface area contributed by atoms with Gasteiger partial charge in [0.1, 0.15) is 13.2 Å². The van der Waals surface area contributed by atoms with Crippen LogP contribution in [0.4, 0.5) is 5.69 Å². The maximum atomic E-state index is 12.5. The molecule has 27 heavy (non-hydrogen) atoms. The molecular formula is C18H17N5O3S. The third kappa shape index (κ3) is 4.03. The van der Waals surface area contributed by atoms with Crippen LogP contribution in [0.25, 0.3) is 11.4 Å². The molecule has 2 aromatic heterocycles. The Morgan fingerprint density at radius 3 is 2.78 bits per heavy atom. The van der Waals surface area contributed by atoms with Crippen LogP contribution in [0, 0.1) is 0 Å². The first-order valence-electron chi connectivity index (χ1n) is 8.39. The molecule has 0 fully saturated rings. The Balaban J connectivity index is 1.39. The van der Waals surface area contributed by atoms with Crippen LogP contribution < -0.4 is 14.8 Å². The number of anilines is 1. The average Bonchev–Trinajstić information content (AvgIpc) is 3.17. The fourth-order valence-corrected chi connectivity index (χ4v) is 3.24. The van der Waals surface area contributed by atoms with Crippen molar-refractivity contribution in [3.05, 3.63) is 42.7 Å². The molecule has 0 radical (unpaired) electrons. The van der Waals surface area contributed by atoms with E-state index >= 15 is 0 Å². The van der Waals surface area contributed by atoms with E-state index < -0.39 is 0 Å². The zero-order valence-electron chi connectivity index (χ0n) is 14.5. The summed E-state index contributed by atoms with van der Waals surface area (Å²) in [5.74, 6) is 1.81. The summed E-state index contributed by atoms with van der Waals surface area (Å²) in [6.07, 6.45) is 3.38. The Kier molecular flexibility index (Phi) is 4.93. The molecule has 0 bridgehead atoms. The largest absolute Gasteiger partial charge is 0.486 e. The Bertz CT molecular complexity index is 947. The number of thioether (sulfide) groups is 1. The number of nitrogens with one attached hydrogen (secondary N) is 2. The number of pyridine rings is 1. The van der Waals surface area contributed by atoms with Crippen LogP contribution in [0.5, 0.6) is 11.5 Å². The predicted molar refractivity (Wildman–Crippen MR) is 101 cm³/mol. The Hall–Kier alpha value is -3.07. The molecular weight excluding hydrogens is 366 g/mol. The third-order valence-electron chi connectivity index (χ3n) is 3.88. The molecule has 1 amide bonds. The first-order chi connectivity index (χ1) is 13.2. The number of aromatic amines is 1. The van der Waals surface area contributed by atoms with Gasteiger partial charge in [-0.1, -0.05) is 11.8 Å². The normalized spacial score (nSPS) is 13.8. The zero-order valence-corrected chi connectivity index (χ0v) is 15.3. The standard InChI is InChI=1S/C18H17N5O3S/c1-11(27-18-21-16(22-23-18)12-4-6-19-7-5-12)17(24)20-13-2-3-14-15(10-13)26-9-8-25-14/h2-7,10-11H,8-9H2,1H3,(H,20,24)(H,21,22,23)/t11-/m0/s1. The van der Waals surface area contributed by atoms with Crippen LogP contribution in [0.3, 0.4) is 0 Å². The van der Waals surface area contributed by atoms with Crippen LogP contribution >= 0.6 is 11.8 Å². The molecule has 2 N–H and O–H groups in total. The number of nitrogens with zero attached hydrogens (tertiary/aromatic N) is 3. The van der Waals surface area contributed by atoms with Gasteiger partial charge in [0.25, 0.3) is 0 Å². The Morgan fingerprint density at radius 1 is 1.19 bits per heavy atom. The summed E-state index contributed by atoms with van der Waals surface area (Å²) < 4.78 is 11.0. The molecule has 0 spiro atoms. The molecule has 1 aliphatic rings. The molecule has 0 saturated heterocycles. The predicted octanol–water partition coefficient (Wildman–Crippen LogP) is 2.76. The average molecular weight is 383 g/mol. The number of fused-ring (bicyclic) bond motifs is 1. The maximum Gasteiger partial charge on any atom is 0.237 e. The Morgan fingerprint density at radius 2 is 1.96 bits per heavy atom. The van der Waals surface area contributed by atoms with Gasteiger partial charge >= 0.3 is 0 Å². The number of rotatable bonds is 5. The quantitative estimate of drug-likeness (QED) is 0.653. The van der Waals surface area contributed by atoms with Gasteiger partial charge in [-0.15, -0.1) is 5.10 Å². The lowest BCUT2D eigenvalue weighted by atomic mass is 10.2. The van der Waals surface area contributed by atoms with Gasteiger partial charge in [0, 0.05) is 29.7 Å². The number of hydrogen-bond acceptors (Lipinski definition) is 7. The summed E-state index contributed by atoms with van der Waals surface area (Å²) in [6.45, 7) is 2.84. The van der Waals surface area contributed by atoms with Crippen molar-refractivity contribution < 1.29 is 14.3 Å². The monoisotopic (exact) mass is 383 g/mol. The van der Waals surface area contributed by atoms with Gasteiger partial charge in [0.2, 0.25) is 11.1 Å². The zero-order chi connectivity index (χ0) is 18.6. The molecule has 0 saturated carbocycles. The SMILES string of the molecule is C[C@H](Sc1n[nH]c(-c2ccncc2)n1)C(=O)Nc1ccc2c(c1)OCCO2. The summed E-state index contributed by atoms with van der Waals surface area (Å²) in [7, 11) is 0. The van der Waals surface area contributed by atoms with Gasteiger partial charge in [0.15, 0.2) is 17.3 Å². The number of ether oxygens (including phenoxy) is 2. The van der Waals surface area contributed by atoms with Gasteiger partial charge in [-0.2, -0.15) is 0 Å². The fourth-order valence-electron chi connectivity index (χ4n) is 2.51. The van der Waals surface area contributed by atoms with E-state index in [-0.39, 0.29) is 11.2 Å². The van der Waals surface area contributed by atoms with Crippen molar-refractivity contribution in [1.29, 1.82) is 0 Å². The van der Waals surface area contributed by atoms with E-state index in [4.69, 9.17) is 9.47 Å². The van der Waals surface area contributed by atoms with Crippen molar-refractivity contribution in [2.45, 2.75) is 17.3 Å². The summed E-state index contributed by atoms with van der Waals surface area (Å²) in [5, 5.41) is 10.1. The lowest BCUT2D eigenvalue weighted by molar-refractivity contribution is -0.115. The molecule has 8 nitrogen and oxygen atoms in total. The van der Waals surface area contributed by atoms with E-state index in [1.54, 1.807) is 37.5 Å². The number of amides is 1. The Labute approximate surface area is 159 Å². The summed E-state index contributed by atoms with van der Waals surface area (Å²) >= 11 is 1.28. The van der Waals surface area contributed by atoms with Crippen molar-refractivity contribution in [3.8, 4) is 22.9 Å². The van der Waals surface area contributed by atoms with Crippen molar-refractivity contribution >= 4 is 23.4 Å². The molecule has 3 heterocycles. The van der Waals surface area contributed by atoms with Crippen LogP contribution in [0.2, 0.25) is 0 Å². The van der Waals surface area contributed by atoms with Gasteiger partial charge in [0.05, 0.1) is 5.25 Å². The molecule has 3 aromatic rings. The lowest BCUT2D eigenvalue weighted by Gasteiger charge is -2.19. The molecule has 1 aliphatic heterocycles. The number of benzene rings is 1. The number of H-pyrrole nitrogens is 1. The van der Waals surface area contributed by atoms with Crippen LogP contribution in [-0.4, -0.2) is 44.5 Å². The molecule has 0 aliphatic carbocycles. The number of hydrogen-bond donors (Lipinski definition) is 2. The summed E-state index contributed by atoms with van der Waals surface area (Å²) in [6, 6.07) is 9.02. The van der Waals surface area contributed by atoms with Gasteiger partial charge < -0.3 is 14.8 Å².